The summed E-state index contributed by atoms with van der Waals surface area (Å²) in [6.07, 6.45) is 2.56. The van der Waals surface area contributed by atoms with Gasteiger partial charge in [-0.05, 0) is 43.9 Å². The number of nitrogens with one attached hydrogen (secondary N) is 1. The van der Waals surface area contributed by atoms with Crippen LogP contribution in [0.2, 0.25) is 5.02 Å². The zero-order valence-corrected chi connectivity index (χ0v) is 11.3. The molecule has 0 saturated carbocycles. The molecule has 2 atom stereocenters. The number of aryl methyl sites for hydroxylation is 1. The lowest BCUT2D eigenvalue weighted by Gasteiger charge is -2.28. The van der Waals surface area contributed by atoms with Crippen LogP contribution in [0.25, 0.3) is 0 Å². The normalized spacial score (nSPS) is 23.3. The summed E-state index contributed by atoms with van der Waals surface area (Å²) in [5, 5.41) is 12.4. The summed E-state index contributed by atoms with van der Waals surface area (Å²) in [4.78, 5) is 11.0. The van der Waals surface area contributed by atoms with Crippen LogP contribution >= 0.6 is 11.6 Å². The predicted molar refractivity (Wildman–Crippen MR) is 71.9 cm³/mol. The lowest BCUT2D eigenvalue weighted by molar-refractivity contribution is -0.143. The fourth-order valence-corrected chi connectivity index (χ4v) is 2.72. The van der Waals surface area contributed by atoms with Gasteiger partial charge in [-0.2, -0.15) is 0 Å². The summed E-state index contributed by atoms with van der Waals surface area (Å²) in [5.74, 6) is -1.38. The predicted octanol–water partition coefficient (Wildman–Crippen LogP) is 2.86. The molecule has 2 N–H and O–H groups in total. The molecule has 0 amide bonds. The van der Waals surface area contributed by atoms with Crippen molar-refractivity contribution in [2.24, 2.45) is 5.92 Å². The first-order chi connectivity index (χ1) is 9.08. The molecule has 0 radical (unpaired) electrons. The minimum atomic E-state index is -0.736. The molecule has 1 heterocycles. The zero-order valence-electron chi connectivity index (χ0n) is 10.5. The standard InChI is InChI=1S/C14H17ClFNO2/c15-12-3-1-2-9(13(12)16)4-5-11-8-10(14(18)19)6-7-17-11/h1-3,10-11,17H,4-8H2,(H,18,19). The van der Waals surface area contributed by atoms with E-state index in [0.29, 0.717) is 31.4 Å². The number of hydrogen-bond acceptors (Lipinski definition) is 2. The second kappa shape index (κ2) is 6.35. The summed E-state index contributed by atoms with van der Waals surface area (Å²) in [5.41, 5.74) is 0.590. The number of piperidine rings is 1. The third-order valence-corrected chi connectivity index (χ3v) is 3.93. The van der Waals surface area contributed by atoms with Gasteiger partial charge in [0.05, 0.1) is 10.9 Å². The Hall–Kier alpha value is -1.13. The monoisotopic (exact) mass is 285 g/mol. The molecule has 0 bridgehead atoms. The van der Waals surface area contributed by atoms with Gasteiger partial charge in [-0.1, -0.05) is 23.7 Å². The first-order valence-electron chi connectivity index (χ1n) is 6.47. The molecule has 0 aromatic heterocycles. The third-order valence-electron chi connectivity index (χ3n) is 3.64. The number of benzene rings is 1. The van der Waals surface area contributed by atoms with Gasteiger partial charge >= 0.3 is 5.97 Å². The molecule has 2 rings (SSSR count). The number of halogens is 2. The van der Waals surface area contributed by atoms with Crippen LogP contribution in [-0.2, 0) is 11.2 Å². The van der Waals surface area contributed by atoms with Crippen molar-refractivity contribution in [1.29, 1.82) is 0 Å². The highest BCUT2D eigenvalue weighted by molar-refractivity contribution is 6.30. The topological polar surface area (TPSA) is 49.3 Å². The highest BCUT2D eigenvalue weighted by atomic mass is 35.5. The van der Waals surface area contributed by atoms with Crippen molar-refractivity contribution in [2.45, 2.75) is 31.7 Å². The average Bonchev–Trinajstić information content (AvgIpc) is 2.41. The number of hydrogen-bond donors (Lipinski definition) is 2. The Morgan fingerprint density at radius 1 is 1.53 bits per heavy atom. The van der Waals surface area contributed by atoms with E-state index in [1.165, 1.54) is 6.07 Å². The van der Waals surface area contributed by atoms with Crippen LogP contribution in [0.5, 0.6) is 0 Å². The third kappa shape index (κ3) is 3.67. The molecule has 1 aliphatic rings. The lowest BCUT2D eigenvalue weighted by atomic mass is 9.89. The molecule has 104 valence electrons. The molecule has 19 heavy (non-hydrogen) atoms. The van der Waals surface area contributed by atoms with Crippen molar-refractivity contribution >= 4 is 17.6 Å². The van der Waals surface area contributed by atoms with E-state index in [4.69, 9.17) is 16.7 Å². The Morgan fingerprint density at radius 3 is 3.05 bits per heavy atom. The average molecular weight is 286 g/mol. The van der Waals surface area contributed by atoms with Crippen LogP contribution in [0, 0.1) is 11.7 Å². The van der Waals surface area contributed by atoms with Gasteiger partial charge in [0.1, 0.15) is 5.82 Å². The second-order valence-corrected chi connectivity index (χ2v) is 5.37. The molecular weight excluding hydrogens is 269 g/mol. The van der Waals surface area contributed by atoms with Crippen LogP contribution in [0.15, 0.2) is 18.2 Å². The summed E-state index contributed by atoms with van der Waals surface area (Å²) in [6, 6.07) is 5.11. The van der Waals surface area contributed by atoms with Crippen LogP contribution in [0.4, 0.5) is 4.39 Å². The Morgan fingerprint density at radius 2 is 2.32 bits per heavy atom. The molecule has 0 aliphatic carbocycles. The Balaban J connectivity index is 1.91. The van der Waals surface area contributed by atoms with E-state index >= 15 is 0 Å². The number of rotatable bonds is 4. The summed E-state index contributed by atoms with van der Waals surface area (Å²) >= 11 is 5.73. The lowest BCUT2D eigenvalue weighted by Crippen LogP contribution is -2.40. The van der Waals surface area contributed by atoms with E-state index in [1.807, 2.05) is 0 Å². The Labute approximate surface area is 116 Å². The van der Waals surface area contributed by atoms with Gasteiger partial charge in [-0.15, -0.1) is 0 Å². The number of carboxylic acid groups (broad SMARTS) is 1. The van der Waals surface area contributed by atoms with Crippen LogP contribution in [0.3, 0.4) is 0 Å². The van der Waals surface area contributed by atoms with E-state index in [0.717, 1.165) is 6.42 Å². The fraction of sp³-hybridized carbons (Fsp3) is 0.500. The fourth-order valence-electron chi connectivity index (χ4n) is 2.52. The van der Waals surface area contributed by atoms with Gasteiger partial charge in [-0.25, -0.2) is 4.39 Å². The molecule has 5 heteroatoms. The minimum Gasteiger partial charge on any atom is -0.481 e. The van der Waals surface area contributed by atoms with Gasteiger partial charge in [0, 0.05) is 6.04 Å². The van der Waals surface area contributed by atoms with E-state index in [1.54, 1.807) is 12.1 Å². The summed E-state index contributed by atoms with van der Waals surface area (Å²) < 4.78 is 13.7. The van der Waals surface area contributed by atoms with Crippen molar-refractivity contribution in [3.8, 4) is 0 Å². The molecule has 2 unspecified atom stereocenters. The van der Waals surface area contributed by atoms with E-state index in [2.05, 4.69) is 5.32 Å². The molecular formula is C14H17ClFNO2. The van der Waals surface area contributed by atoms with Gasteiger partial charge in [0.15, 0.2) is 0 Å². The van der Waals surface area contributed by atoms with Gasteiger partial charge in [0.25, 0.3) is 0 Å². The Kier molecular flexibility index (Phi) is 4.77. The Bertz CT molecular complexity index is 467. The highest BCUT2D eigenvalue weighted by Crippen LogP contribution is 2.22. The summed E-state index contributed by atoms with van der Waals surface area (Å²) in [6.45, 7) is 0.708. The van der Waals surface area contributed by atoms with Crippen molar-refractivity contribution in [1.82, 2.24) is 5.32 Å². The van der Waals surface area contributed by atoms with E-state index in [-0.39, 0.29) is 22.8 Å². The van der Waals surface area contributed by atoms with Crippen LogP contribution in [-0.4, -0.2) is 23.7 Å². The maximum atomic E-state index is 13.7. The highest BCUT2D eigenvalue weighted by Gasteiger charge is 2.26. The first kappa shape index (κ1) is 14.3. The van der Waals surface area contributed by atoms with Gasteiger partial charge < -0.3 is 10.4 Å². The molecule has 1 aromatic rings. The molecule has 1 saturated heterocycles. The van der Waals surface area contributed by atoms with E-state index < -0.39 is 5.97 Å². The van der Waals surface area contributed by atoms with Crippen LogP contribution < -0.4 is 5.32 Å². The maximum Gasteiger partial charge on any atom is 0.306 e. The SMILES string of the molecule is O=C(O)C1CCNC(CCc2cccc(Cl)c2F)C1. The van der Waals surface area contributed by atoms with Gasteiger partial charge in [-0.3, -0.25) is 4.79 Å². The van der Waals surface area contributed by atoms with Gasteiger partial charge in [0.2, 0.25) is 0 Å². The molecule has 0 spiro atoms. The first-order valence-corrected chi connectivity index (χ1v) is 6.85. The second-order valence-electron chi connectivity index (χ2n) is 4.96. The largest absolute Gasteiger partial charge is 0.481 e. The molecule has 1 fully saturated rings. The molecule has 3 nitrogen and oxygen atoms in total. The number of carboxylic acids is 1. The molecule has 1 aliphatic heterocycles. The minimum absolute atomic E-state index is 0.133. The van der Waals surface area contributed by atoms with Crippen molar-refractivity contribution in [3.63, 3.8) is 0 Å². The smallest absolute Gasteiger partial charge is 0.306 e. The molecule has 1 aromatic carbocycles. The summed E-state index contributed by atoms with van der Waals surface area (Å²) in [7, 11) is 0. The van der Waals surface area contributed by atoms with Crippen molar-refractivity contribution < 1.29 is 14.3 Å². The number of aliphatic carboxylic acids is 1. The number of carbonyl (C=O) groups is 1. The van der Waals surface area contributed by atoms with E-state index in [9.17, 15) is 9.18 Å². The van der Waals surface area contributed by atoms with Crippen molar-refractivity contribution in [2.75, 3.05) is 6.54 Å². The zero-order chi connectivity index (χ0) is 13.8. The quantitative estimate of drug-likeness (QED) is 0.894. The van der Waals surface area contributed by atoms with Crippen LogP contribution in [0.1, 0.15) is 24.8 Å². The van der Waals surface area contributed by atoms with Crippen molar-refractivity contribution in [3.05, 3.63) is 34.6 Å². The maximum absolute atomic E-state index is 13.7.